The first kappa shape index (κ1) is 13.3. The van der Waals surface area contributed by atoms with E-state index in [1.54, 1.807) is 0 Å². The van der Waals surface area contributed by atoms with Crippen LogP contribution in [0.5, 0.6) is 0 Å². The minimum Gasteiger partial charge on any atom is -0.371 e. The Bertz CT molecular complexity index is 363. The van der Waals surface area contributed by atoms with Gasteiger partial charge in [-0.2, -0.15) is 0 Å². The Morgan fingerprint density at radius 3 is 2.50 bits per heavy atom. The topological polar surface area (TPSA) is 29.3 Å². The van der Waals surface area contributed by atoms with Crippen LogP contribution in [0, 0.1) is 11.7 Å². The molecule has 0 heterocycles. The molecule has 0 aromatic heterocycles. The lowest BCUT2D eigenvalue weighted by molar-refractivity contribution is 0.310. The Hall–Kier alpha value is -1.09. The van der Waals surface area contributed by atoms with Crippen molar-refractivity contribution in [3.8, 4) is 0 Å². The molecule has 18 heavy (non-hydrogen) atoms. The second kappa shape index (κ2) is 6.19. The number of halogens is 1. The Kier molecular flexibility index (Phi) is 4.59. The van der Waals surface area contributed by atoms with Gasteiger partial charge in [0.1, 0.15) is 5.82 Å². The number of rotatable bonds is 4. The standard InChI is InChI=1S/C15H23FN2/c1-2-18(14-9-7-13(16)8-10-14)11-12-5-3-4-6-15(12)17/h7-10,12,15H,2-6,11,17H2,1H3. The van der Waals surface area contributed by atoms with Gasteiger partial charge >= 0.3 is 0 Å². The van der Waals surface area contributed by atoms with E-state index < -0.39 is 0 Å². The lowest BCUT2D eigenvalue weighted by atomic mass is 9.84. The molecule has 2 rings (SSSR count). The van der Waals surface area contributed by atoms with Crippen LogP contribution >= 0.6 is 0 Å². The molecule has 0 radical (unpaired) electrons. The van der Waals surface area contributed by atoms with Crippen LogP contribution in [0.15, 0.2) is 24.3 Å². The first-order valence-corrected chi connectivity index (χ1v) is 6.96. The summed E-state index contributed by atoms with van der Waals surface area (Å²) in [6.45, 7) is 4.07. The first-order chi connectivity index (χ1) is 8.70. The third-order valence-corrected chi connectivity index (χ3v) is 4.00. The highest BCUT2D eigenvalue weighted by molar-refractivity contribution is 5.46. The third-order valence-electron chi connectivity index (χ3n) is 4.00. The maximum absolute atomic E-state index is 12.9. The highest BCUT2D eigenvalue weighted by Gasteiger charge is 2.23. The summed E-state index contributed by atoms with van der Waals surface area (Å²) in [7, 11) is 0. The van der Waals surface area contributed by atoms with Gasteiger partial charge in [0.25, 0.3) is 0 Å². The Morgan fingerprint density at radius 2 is 1.89 bits per heavy atom. The van der Waals surface area contributed by atoms with E-state index in [2.05, 4.69) is 11.8 Å². The van der Waals surface area contributed by atoms with Crippen molar-refractivity contribution in [3.05, 3.63) is 30.1 Å². The molecule has 0 spiro atoms. The van der Waals surface area contributed by atoms with E-state index in [9.17, 15) is 4.39 Å². The van der Waals surface area contributed by atoms with Crippen molar-refractivity contribution in [1.29, 1.82) is 0 Å². The second-order valence-electron chi connectivity index (χ2n) is 5.22. The summed E-state index contributed by atoms with van der Waals surface area (Å²) in [5, 5.41) is 0. The van der Waals surface area contributed by atoms with Gasteiger partial charge in [-0.05, 0) is 49.9 Å². The highest BCUT2D eigenvalue weighted by atomic mass is 19.1. The molecule has 2 unspecified atom stereocenters. The van der Waals surface area contributed by atoms with E-state index in [-0.39, 0.29) is 5.82 Å². The molecule has 100 valence electrons. The zero-order chi connectivity index (χ0) is 13.0. The van der Waals surface area contributed by atoms with Crippen molar-refractivity contribution < 1.29 is 4.39 Å². The largest absolute Gasteiger partial charge is 0.371 e. The van der Waals surface area contributed by atoms with Gasteiger partial charge in [0.15, 0.2) is 0 Å². The molecule has 0 bridgehead atoms. The van der Waals surface area contributed by atoms with Crippen molar-refractivity contribution in [2.45, 2.75) is 38.6 Å². The molecule has 0 saturated heterocycles. The van der Waals surface area contributed by atoms with Crippen molar-refractivity contribution in [1.82, 2.24) is 0 Å². The fourth-order valence-electron chi connectivity index (χ4n) is 2.82. The van der Waals surface area contributed by atoms with Crippen LogP contribution in [0.1, 0.15) is 32.6 Å². The summed E-state index contributed by atoms with van der Waals surface area (Å²) in [6.07, 6.45) is 4.92. The van der Waals surface area contributed by atoms with Gasteiger partial charge in [0, 0.05) is 24.8 Å². The van der Waals surface area contributed by atoms with Crippen LogP contribution in [0.2, 0.25) is 0 Å². The third kappa shape index (κ3) is 3.22. The van der Waals surface area contributed by atoms with E-state index in [0.717, 1.165) is 25.2 Å². The summed E-state index contributed by atoms with van der Waals surface area (Å²) in [5.74, 6) is 0.396. The maximum Gasteiger partial charge on any atom is 0.123 e. The minimum absolute atomic E-state index is 0.177. The van der Waals surface area contributed by atoms with E-state index in [4.69, 9.17) is 5.73 Å². The summed E-state index contributed by atoms with van der Waals surface area (Å²) in [6, 6.07) is 7.09. The summed E-state index contributed by atoms with van der Waals surface area (Å²) < 4.78 is 12.9. The quantitative estimate of drug-likeness (QED) is 0.889. The van der Waals surface area contributed by atoms with Gasteiger partial charge in [-0.25, -0.2) is 4.39 Å². The smallest absolute Gasteiger partial charge is 0.123 e. The maximum atomic E-state index is 12.9. The van der Waals surface area contributed by atoms with E-state index in [1.807, 2.05) is 12.1 Å². The number of anilines is 1. The zero-order valence-electron chi connectivity index (χ0n) is 11.1. The SMILES string of the molecule is CCN(CC1CCCCC1N)c1ccc(F)cc1. The molecule has 2 atom stereocenters. The summed E-state index contributed by atoms with van der Waals surface area (Å²) in [5.41, 5.74) is 7.29. The Balaban J connectivity index is 2.02. The molecule has 3 heteroatoms. The number of nitrogens with zero attached hydrogens (tertiary/aromatic N) is 1. The van der Waals surface area contributed by atoms with Crippen molar-refractivity contribution in [3.63, 3.8) is 0 Å². The normalized spacial score (nSPS) is 23.9. The molecule has 0 amide bonds. The molecule has 2 N–H and O–H groups in total. The minimum atomic E-state index is -0.177. The average Bonchev–Trinajstić information content (AvgIpc) is 2.39. The van der Waals surface area contributed by atoms with Gasteiger partial charge in [-0.15, -0.1) is 0 Å². The van der Waals surface area contributed by atoms with Crippen LogP contribution < -0.4 is 10.6 Å². The van der Waals surface area contributed by atoms with Crippen molar-refractivity contribution >= 4 is 5.69 Å². The second-order valence-corrected chi connectivity index (χ2v) is 5.22. The molecule has 1 saturated carbocycles. The molecule has 0 aliphatic heterocycles. The predicted octanol–water partition coefficient (Wildman–Crippen LogP) is 3.17. The summed E-state index contributed by atoms with van der Waals surface area (Å²) in [4.78, 5) is 2.30. The molecule has 1 fully saturated rings. The molecule has 1 aromatic carbocycles. The van der Waals surface area contributed by atoms with Gasteiger partial charge in [0.2, 0.25) is 0 Å². The lowest BCUT2D eigenvalue weighted by Crippen LogP contribution is -2.41. The van der Waals surface area contributed by atoms with Gasteiger partial charge in [0.05, 0.1) is 0 Å². The Labute approximate surface area is 109 Å². The van der Waals surface area contributed by atoms with Crippen molar-refractivity contribution in [2.24, 2.45) is 11.7 Å². The number of hydrogen-bond donors (Lipinski definition) is 1. The van der Waals surface area contributed by atoms with E-state index in [1.165, 1.54) is 31.4 Å². The zero-order valence-corrected chi connectivity index (χ0v) is 11.1. The van der Waals surface area contributed by atoms with Crippen molar-refractivity contribution in [2.75, 3.05) is 18.0 Å². The lowest BCUT2D eigenvalue weighted by Gasteiger charge is -2.34. The molecule has 1 aromatic rings. The van der Waals surface area contributed by atoms with Crippen LogP contribution in [-0.4, -0.2) is 19.1 Å². The Morgan fingerprint density at radius 1 is 1.22 bits per heavy atom. The summed E-state index contributed by atoms with van der Waals surface area (Å²) >= 11 is 0. The van der Waals surface area contributed by atoms with E-state index >= 15 is 0 Å². The van der Waals surface area contributed by atoms with Crippen LogP contribution in [0.25, 0.3) is 0 Å². The van der Waals surface area contributed by atoms with Crippen LogP contribution in [0.3, 0.4) is 0 Å². The monoisotopic (exact) mass is 250 g/mol. The molecule has 2 nitrogen and oxygen atoms in total. The number of benzene rings is 1. The fraction of sp³-hybridized carbons (Fsp3) is 0.600. The van der Waals surface area contributed by atoms with Gasteiger partial charge in [-0.3, -0.25) is 0 Å². The molecular formula is C15H23FN2. The average molecular weight is 250 g/mol. The molecule has 1 aliphatic carbocycles. The fourth-order valence-corrected chi connectivity index (χ4v) is 2.82. The number of nitrogens with two attached hydrogens (primary N) is 1. The molecule has 1 aliphatic rings. The molecular weight excluding hydrogens is 227 g/mol. The van der Waals surface area contributed by atoms with E-state index in [0.29, 0.717) is 12.0 Å². The number of hydrogen-bond acceptors (Lipinski definition) is 2. The van der Waals surface area contributed by atoms with Gasteiger partial charge < -0.3 is 10.6 Å². The van der Waals surface area contributed by atoms with Crippen LogP contribution in [-0.2, 0) is 0 Å². The van der Waals surface area contributed by atoms with Gasteiger partial charge in [-0.1, -0.05) is 12.8 Å². The first-order valence-electron chi connectivity index (χ1n) is 6.96. The highest BCUT2D eigenvalue weighted by Crippen LogP contribution is 2.25. The van der Waals surface area contributed by atoms with Crippen LogP contribution in [0.4, 0.5) is 10.1 Å². The predicted molar refractivity (Wildman–Crippen MR) is 74.2 cm³/mol.